The zero-order valence-corrected chi connectivity index (χ0v) is 14.2. The Hall–Kier alpha value is -1.30. The number of carbonyl (C=O) groups excluding carboxylic acids is 1. The summed E-state index contributed by atoms with van der Waals surface area (Å²) < 4.78 is 10.9. The normalized spacial score (nSPS) is 15.3. The highest BCUT2D eigenvalue weighted by molar-refractivity contribution is 6.30. The summed E-state index contributed by atoms with van der Waals surface area (Å²) in [6.45, 7) is 5.91. The lowest BCUT2D eigenvalue weighted by Gasteiger charge is -2.26. The van der Waals surface area contributed by atoms with Crippen LogP contribution in [0.15, 0.2) is 24.3 Å². The zero-order chi connectivity index (χ0) is 16.3. The highest BCUT2D eigenvalue weighted by Gasteiger charge is 2.09. The van der Waals surface area contributed by atoms with Crippen LogP contribution in [0, 0.1) is 0 Å². The molecule has 1 amide bonds. The molecule has 1 aliphatic rings. The second kappa shape index (κ2) is 10.5. The van der Waals surface area contributed by atoms with E-state index >= 15 is 0 Å². The van der Waals surface area contributed by atoms with Gasteiger partial charge in [-0.3, -0.25) is 9.69 Å². The van der Waals surface area contributed by atoms with E-state index in [1.54, 1.807) is 12.1 Å². The molecule has 1 aromatic rings. The first kappa shape index (κ1) is 18.0. The van der Waals surface area contributed by atoms with E-state index in [1.807, 2.05) is 12.1 Å². The number of ether oxygens (including phenoxy) is 2. The first-order valence-corrected chi connectivity index (χ1v) is 8.57. The lowest BCUT2D eigenvalue weighted by molar-refractivity contribution is -0.121. The molecule has 0 aromatic heterocycles. The Morgan fingerprint density at radius 1 is 1.22 bits per heavy atom. The van der Waals surface area contributed by atoms with E-state index in [4.69, 9.17) is 21.1 Å². The predicted molar refractivity (Wildman–Crippen MR) is 91.1 cm³/mol. The topological polar surface area (TPSA) is 50.8 Å². The maximum atomic E-state index is 11.7. The van der Waals surface area contributed by atoms with Gasteiger partial charge in [0.15, 0.2) is 0 Å². The summed E-state index contributed by atoms with van der Waals surface area (Å²) in [6.07, 6.45) is 2.18. The molecule has 0 bridgehead atoms. The smallest absolute Gasteiger partial charge is 0.220 e. The summed E-state index contributed by atoms with van der Waals surface area (Å²) in [5, 5.41) is 3.65. The fraction of sp³-hybridized carbons (Fsp3) is 0.588. The summed E-state index contributed by atoms with van der Waals surface area (Å²) >= 11 is 5.81. The predicted octanol–water partition coefficient (Wildman–Crippen LogP) is 2.34. The number of carbonyl (C=O) groups is 1. The number of hydrogen-bond acceptors (Lipinski definition) is 4. The monoisotopic (exact) mass is 340 g/mol. The molecule has 128 valence electrons. The minimum absolute atomic E-state index is 0.0895. The fourth-order valence-electron chi connectivity index (χ4n) is 2.40. The SMILES string of the molecule is O=C(CCCOc1ccc(Cl)cc1)NCCCN1CCOCC1. The number of benzene rings is 1. The molecule has 0 saturated carbocycles. The molecule has 0 spiro atoms. The van der Waals surface area contributed by atoms with Gasteiger partial charge in [0.25, 0.3) is 0 Å². The van der Waals surface area contributed by atoms with Gasteiger partial charge in [-0.05, 0) is 43.7 Å². The zero-order valence-electron chi connectivity index (χ0n) is 13.4. The van der Waals surface area contributed by atoms with Gasteiger partial charge in [0.2, 0.25) is 5.91 Å². The van der Waals surface area contributed by atoms with E-state index in [-0.39, 0.29) is 5.91 Å². The van der Waals surface area contributed by atoms with Crippen molar-refractivity contribution < 1.29 is 14.3 Å². The van der Waals surface area contributed by atoms with E-state index in [2.05, 4.69) is 10.2 Å². The van der Waals surface area contributed by atoms with Crippen molar-refractivity contribution in [3.05, 3.63) is 29.3 Å². The molecule has 1 aliphatic heterocycles. The summed E-state index contributed by atoms with van der Waals surface area (Å²) in [4.78, 5) is 14.1. The van der Waals surface area contributed by atoms with Crippen LogP contribution < -0.4 is 10.1 Å². The number of nitrogens with one attached hydrogen (secondary N) is 1. The van der Waals surface area contributed by atoms with Crippen LogP contribution in [0.1, 0.15) is 19.3 Å². The van der Waals surface area contributed by atoms with Crippen LogP contribution in [0.3, 0.4) is 0 Å². The average molecular weight is 341 g/mol. The molecule has 5 nitrogen and oxygen atoms in total. The summed E-state index contributed by atoms with van der Waals surface area (Å²) in [5.41, 5.74) is 0. The van der Waals surface area contributed by atoms with E-state index in [9.17, 15) is 4.79 Å². The van der Waals surface area contributed by atoms with Crippen LogP contribution in [-0.2, 0) is 9.53 Å². The number of amides is 1. The molecule has 23 heavy (non-hydrogen) atoms. The van der Waals surface area contributed by atoms with Gasteiger partial charge in [-0.15, -0.1) is 0 Å². The van der Waals surface area contributed by atoms with Gasteiger partial charge in [-0.2, -0.15) is 0 Å². The Bertz CT molecular complexity index is 461. The Balaban J connectivity index is 1.46. The molecule has 0 radical (unpaired) electrons. The first-order chi connectivity index (χ1) is 11.2. The molecule has 2 rings (SSSR count). The van der Waals surface area contributed by atoms with Crippen molar-refractivity contribution in [2.45, 2.75) is 19.3 Å². The Morgan fingerprint density at radius 3 is 2.70 bits per heavy atom. The third-order valence-electron chi connectivity index (χ3n) is 3.71. The number of morpholine rings is 1. The Kier molecular flexibility index (Phi) is 8.21. The summed E-state index contributed by atoms with van der Waals surface area (Å²) in [7, 11) is 0. The average Bonchev–Trinajstić information content (AvgIpc) is 2.58. The lowest BCUT2D eigenvalue weighted by atomic mass is 10.3. The van der Waals surface area contributed by atoms with Crippen molar-refractivity contribution in [3.8, 4) is 5.75 Å². The van der Waals surface area contributed by atoms with Crippen LogP contribution in [0.4, 0.5) is 0 Å². The fourth-order valence-corrected chi connectivity index (χ4v) is 2.52. The lowest BCUT2D eigenvalue weighted by Crippen LogP contribution is -2.38. The Labute approximate surface area is 142 Å². The molecule has 0 atom stereocenters. The molecule has 0 aliphatic carbocycles. The van der Waals surface area contributed by atoms with Crippen molar-refractivity contribution in [1.29, 1.82) is 0 Å². The first-order valence-electron chi connectivity index (χ1n) is 8.19. The molecule has 6 heteroatoms. The van der Waals surface area contributed by atoms with Crippen LogP contribution in [-0.4, -0.2) is 56.8 Å². The molecule has 1 saturated heterocycles. The minimum atomic E-state index is 0.0895. The highest BCUT2D eigenvalue weighted by Crippen LogP contribution is 2.15. The van der Waals surface area contributed by atoms with Crippen LogP contribution in [0.2, 0.25) is 5.02 Å². The van der Waals surface area contributed by atoms with Crippen molar-refractivity contribution in [3.63, 3.8) is 0 Å². The van der Waals surface area contributed by atoms with E-state index in [0.29, 0.717) is 24.5 Å². The number of nitrogens with zero attached hydrogens (tertiary/aromatic N) is 1. The maximum Gasteiger partial charge on any atom is 0.220 e. The van der Waals surface area contributed by atoms with Crippen LogP contribution >= 0.6 is 11.6 Å². The van der Waals surface area contributed by atoms with Crippen molar-refractivity contribution in [1.82, 2.24) is 10.2 Å². The highest BCUT2D eigenvalue weighted by atomic mass is 35.5. The molecular formula is C17H25ClN2O3. The quantitative estimate of drug-likeness (QED) is 0.701. The number of halogens is 1. The van der Waals surface area contributed by atoms with Crippen molar-refractivity contribution in [2.24, 2.45) is 0 Å². The molecule has 1 heterocycles. The Morgan fingerprint density at radius 2 is 1.96 bits per heavy atom. The third-order valence-corrected chi connectivity index (χ3v) is 3.96. The van der Waals surface area contributed by atoms with Gasteiger partial charge >= 0.3 is 0 Å². The van der Waals surface area contributed by atoms with Crippen molar-refractivity contribution in [2.75, 3.05) is 46.0 Å². The third kappa shape index (κ3) is 7.68. The standard InChI is InChI=1S/C17H25ClN2O3/c18-15-4-6-16(7-5-15)23-12-1-3-17(21)19-8-2-9-20-10-13-22-14-11-20/h4-7H,1-3,8-14H2,(H,19,21). The van der Waals surface area contributed by atoms with Gasteiger partial charge in [0.1, 0.15) is 5.75 Å². The molecule has 1 aromatic carbocycles. The van der Waals surface area contributed by atoms with Gasteiger partial charge in [0, 0.05) is 31.1 Å². The van der Waals surface area contributed by atoms with Gasteiger partial charge in [0.05, 0.1) is 19.8 Å². The largest absolute Gasteiger partial charge is 0.494 e. The molecular weight excluding hydrogens is 316 g/mol. The summed E-state index contributed by atoms with van der Waals surface area (Å²) in [5.74, 6) is 0.868. The number of hydrogen-bond donors (Lipinski definition) is 1. The minimum Gasteiger partial charge on any atom is -0.494 e. The summed E-state index contributed by atoms with van der Waals surface area (Å²) in [6, 6.07) is 7.23. The second-order valence-electron chi connectivity index (χ2n) is 5.56. The maximum absolute atomic E-state index is 11.7. The van der Waals surface area contributed by atoms with Gasteiger partial charge < -0.3 is 14.8 Å². The van der Waals surface area contributed by atoms with Crippen LogP contribution in [0.5, 0.6) is 5.75 Å². The molecule has 1 fully saturated rings. The van der Waals surface area contributed by atoms with E-state index in [0.717, 1.165) is 51.6 Å². The van der Waals surface area contributed by atoms with Gasteiger partial charge in [-0.1, -0.05) is 11.6 Å². The molecule has 1 N–H and O–H groups in total. The number of rotatable bonds is 9. The van der Waals surface area contributed by atoms with Crippen molar-refractivity contribution >= 4 is 17.5 Å². The molecule has 0 unspecified atom stereocenters. The van der Waals surface area contributed by atoms with Gasteiger partial charge in [-0.25, -0.2) is 0 Å². The van der Waals surface area contributed by atoms with E-state index < -0.39 is 0 Å². The van der Waals surface area contributed by atoms with Crippen LogP contribution in [0.25, 0.3) is 0 Å². The van der Waals surface area contributed by atoms with E-state index in [1.165, 1.54) is 0 Å². The second-order valence-corrected chi connectivity index (χ2v) is 6.00.